The van der Waals surface area contributed by atoms with Gasteiger partial charge in [-0.15, -0.1) is 0 Å². The average molecular weight is 441 g/mol. The van der Waals surface area contributed by atoms with Gasteiger partial charge < -0.3 is 20.4 Å². The molecular weight excluding hydrogens is 421 g/mol. The number of fused-ring (bicyclic) bond motifs is 3. The van der Waals surface area contributed by atoms with Crippen LogP contribution in [0.3, 0.4) is 0 Å². The van der Waals surface area contributed by atoms with Gasteiger partial charge in [0.15, 0.2) is 0 Å². The first-order valence-corrected chi connectivity index (χ1v) is 10.7. The highest BCUT2D eigenvalue weighted by atomic mass is 19.1. The predicted octanol–water partition coefficient (Wildman–Crippen LogP) is 4.68. The number of rotatable bonds is 2. The number of benzene rings is 1. The van der Waals surface area contributed by atoms with E-state index in [1.807, 2.05) is 26.0 Å². The third-order valence-corrected chi connectivity index (χ3v) is 6.27. The summed E-state index contributed by atoms with van der Waals surface area (Å²) in [6, 6.07) is 5.29. The van der Waals surface area contributed by atoms with Crippen molar-refractivity contribution in [3.63, 3.8) is 0 Å². The summed E-state index contributed by atoms with van der Waals surface area (Å²) in [5, 5.41) is 7.00. The Balaban J connectivity index is 1.53. The van der Waals surface area contributed by atoms with Crippen molar-refractivity contribution in [3.05, 3.63) is 65.0 Å². The van der Waals surface area contributed by atoms with Crippen LogP contribution in [-0.2, 0) is 4.79 Å². The molecule has 1 amide bonds. The Kier molecular flexibility index (Phi) is 4.23. The molecule has 0 aliphatic carbocycles. The number of anilines is 2. The Morgan fingerprint density at radius 3 is 2.85 bits per heavy atom. The predicted molar refractivity (Wildman–Crippen MR) is 126 cm³/mol. The van der Waals surface area contributed by atoms with Crippen molar-refractivity contribution in [2.45, 2.75) is 13.8 Å². The number of aromatic amines is 1. The first-order valence-electron chi connectivity index (χ1n) is 10.7. The SMILES string of the molecule is Cc1c(-c2cc(F)c3c(c2C)/C(=C/c2cc4ccncc4[nH]2)C(=O)N3)cnc2c1NCCO2. The van der Waals surface area contributed by atoms with Crippen molar-refractivity contribution in [2.75, 3.05) is 23.8 Å². The van der Waals surface area contributed by atoms with Gasteiger partial charge in [-0.25, -0.2) is 9.37 Å². The zero-order chi connectivity index (χ0) is 22.7. The van der Waals surface area contributed by atoms with Crippen LogP contribution in [0.4, 0.5) is 15.8 Å². The van der Waals surface area contributed by atoms with Crippen molar-refractivity contribution in [1.82, 2.24) is 15.0 Å². The molecule has 5 heterocycles. The minimum atomic E-state index is -0.482. The summed E-state index contributed by atoms with van der Waals surface area (Å²) in [6.45, 7) is 5.10. The number of carbonyl (C=O) groups is 1. The fraction of sp³-hybridized carbons (Fsp3) is 0.160. The highest BCUT2D eigenvalue weighted by Gasteiger charge is 2.31. The van der Waals surface area contributed by atoms with Crippen LogP contribution in [0.5, 0.6) is 5.88 Å². The highest BCUT2D eigenvalue weighted by Crippen LogP contribution is 2.44. The first-order chi connectivity index (χ1) is 16.0. The third kappa shape index (κ3) is 2.98. The van der Waals surface area contributed by atoms with E-state index in [0.29, 0.717) is 35.7 Å². The van der Waals surface area contributed by atoms with Gasteiger partial charge in [0.25, 0.3) is 5.91 Å². The molecule has 33 heavy (non-hydrogen) atoms. The molecule has 8 heteroatoms. The van der Waals surface area contributed by atoms with Crippen LogP contribution < -0.4 is 15.4 Å². The van der Waals surface area contributed by atoms with Crippen LogP contribution in [0.25, 0.3) is 33.7 Å². The highest BCUT2D eigenvalue weighted by molar-refractivity contribution is 6.35. The van der Waals surface area contributed by atoms with E-state index in [9.17, 15) is 4.79 Å². The van der Waals surface area contributed by atoms with Crippen molar-refractivity contribution in [1.29, 1.82) is 0 Å². The van der Waals surface area contributed by atoms with Gasteiger partial charge in [-0.1, -0.05) is 0 Å². The lowest BCUT2D eigenvalue weighted by atomic mass is 9.90. The Bertz CT molecular complexity index is 1470. The summed E-state index contributed by atoms with van der Waals surface area (Å²) in [6.07, 6.45) is 6.90. The van der Waals surface area contributed by atoms with Gasteiger partial charge >= 0.3 is 0 Å². The summed E-state index contributed by atoms with van der Waals surface area (Å²) >= 11 is 0. The van der Waals surface area contributed by atoms with Gasteiger partial charge in [-0.2, -0.15) is 0 Å². The number of hydrogen-bond donors (Lipinski definition) is 3. The van der Waals surface area contributed by atoms with Crippen LogP contribution in [0.15, 0.2) is 36.8 Å². The second kappa shape index (κ2) is 7.16. The minimum absolute atomic E-state index is 0.204. The smallest absolute Gasteiger partial charge is 0.256 e. The summed E-state index contributed by atoms with van der Waals surface area (Å²) in [4.78, 5) is 24.7. The Labute approximate surface area is 188 Å². The van der Waals surface area contributed by atoms with E-state index in [1.54, 1.807) is 24.7 Å². The maximum Gasteiger partial charge on any atom is 0.256 e. The monoisotopic (exact) mass is 441 g/mol. The lowest BCUT2D eigenvalue weighted by molar-refractivity contribution is -0.110. The van der Waals surface area contributed by atoms with Crippen LogP contribution in [0.1, 0.15) is 22.4 Å². The first kappa shape index (κ1) is 19.5. The number of carbonyl (C=O) groups excluding carboxylic acids is 1. The van der Waals surface area contributed by atoms with Gasteiger partial charge in [0.1, 0.15) is 18.1 Å². The number of hydrogen-bond acceptors (Lipinski definition) is 5. The second-order valence-corrected chi connectivity index (χ2v) is 8.23. The largest absolute Gasteiger partial charge is 0.474 e. The Morgan fingerprint density at radius 1 is 1.12 bits per heavy atom. The molecule has 1 aromatic carbocycles. The zero-order valence-corrected chi connectivity index (χ0v) is 18.0. The molecule has 0 radical (unpaired) electrons. The maximum atomic E-state index is 15.2. The van der Waals surface area contributed by atoms with E-state index >= 15 is 4.39 Å². The fourth-order valence-electron chi connectivity index (χ4n) is 4.64. The minimum Gasteiger partial charge on any atom is -0.474 e. The molecule has 0 atom stereocenters. The average Bonchev–Trinajstić information content (AvgIpc) is 3.38. The number of nitrogens with zero attached hydrogens (tertiary/aromatic N) is 2. The van der Waals surface area contributed by atoms with Crippen molar-refractivity contribution < 1.29 is 13.9 Å². The number of aromatic nitrogens is 3. The molecule has 0 bridgehead atoms. The lowest BCUT2D eigenvalue weighted by Crippen LogP contribution is -2.20. The van der Waals surface area contributed by atoms with E-state index in [2.05, 4.69) is 25.6 Å². The molecule has 0 saturated carbocycles. The molecule has 0 unspecified atom stereocenters. The molecule has 0 saturated heterocycles. The number of pyridine rings is 2. The van der Waals surface area contributed by atoms with E-state index < -0.39 is 5.82 Å². The zero-order valence-electron chi connectivity index (χ0n) is 18.0. The molecule has 3 N–H and O–H groups in total. The maximum absolute atomic E-state index is 15.2. The molecule has 164 valence electrons. The van der Waals surface area contributed by atoms with Gasteiger partial charge in [0.2, 0.25) is 5.88 Å². The van der Waals surface area contributed by atoms with Gasteiger partial charge in [0, 0.05) is 41.1 Å². The lowest BCUT2D eigenvalue weighted by Gasteiger charge is -2.22. The van der Waals surface area contributed by atoms with Crippen molar-refractivity contribution >= 4 is 39.8 Å². The van der Waals surface area contributed by atoms with Crippen LogP contribution >= 0.6 is 0 Å². The molecule has 7 nitrogen and oxygen atoms in total. The summed E-state index contributed by atoms with van der Waals surface area (Å²) in [5.41, 5.74) is 6.81. The quantitative estimate of drug-likeness (QED) is 0.393. The fourth-order valence-corrected chi connectivity index (χ4v) is 4.64. The molecule has 6 rings (SSSR count). The van der Waals surface area contributed by atoms with Crippen molar-refractivity contribution in [2.24, 2.45) is 0 Å². The van der Waals surface area contributed by atoms with E-state index in [0.717, 1.165) is 39.0 Å². The topological polar surface area (TPSA) is 91.9 Å². The number of amides is 1. The molecule has 4 aromatic rings. The Hall–Kier alpha value is -4.20. The standard InChI is InChI=1S/C25H20FN5O2/c1-12-16(18-10-29-25-22(13(18)2)28-5-6-33-25)9-19(26)23-21(12)17(24(32)31-23)8-15-7-14-3-4-27-11-20(14)30-15/h3-4,7-11,28,30H,5-6H2,1-2H3,(H,31,32)/b17-8-. The molecule has 2 aliphatic rings. The van der Waals surface area contributed by atoms with E-state index in [4.69, 9.17) is 4.74 Å². The molecule has 3 aromatic heterocycles. The van der Waals surface area contributed by atoms with Crippen molar-refractivity contribution in [3.8, 4) is 17.0 Å². The van der Waals surface area contributed by atoms with Crippen LogP contribution in [-0.4, -0.2) is 34.0 Å². The van der Waals surface area contributed by atoms with Gasteiger partial charge in [-0.3, -0.25) is 9.78 Å². The molecule has 2 aliphatic heterocycles. The number of halogens is 1. The number of nitrogens with one attached hydrogen (secondary N) is 3. The third-order valence-electron chi connectivity index (χ3n) is 6.27. The number of H-pyrrole nitrogens is 1. The normalized spacial score (nSPS) is 15.7. The summed E-state index contributed by atoms with van der Waals surface area (Å²) < 4.78 is 20.8. The number of ether oxygens (including phenoxy) is 1. The summed E-state index contributed by atoms with van der Waals surface area (Å²) in [7, 11) is 0. The van der Waals surface area contributed by atoms with E-state index in [-0.39, 0.29) is 11.6 Å². The van der Waals surface area contributed by atoms with E-state index in [1.165, 1.54) is 6.07 Å². The van der Waals surface area contributed by atoms with Gasteiger partial charge in [0.05, 0.1) is 23.0 Å². The molecule has 0 spiro atoms. The van der Waals surface area contributed by atoms with Gasteiger partial charge in [-0.05, 0) is 54.8 Å². The molecule has 0 fully saturated rings. The van der Waals surface area contributed by atoms with Crippen LogP contribution in [0, 0.1) is 19.7 Å². The Morgan fingerprint density at radius 2 is 2.00 bits per heavy atom. The van der Waals surface area contributed by atoms with Crippen LogP contribution in [0.2, 0.25) is 0 Å². The second-order valence-electron chi connectivity index (χ2n) is 8.23. The summed E-state index contributed by atoms with van der Waals surface area (Å²) in [5.74, 6) is -0.270. The molecular formula is C25H20FN5O2.